The average molecular weight is 487 g/mol. The molecule has 1 saturated heterocycles. The van der Waals surface area contributed by atoms with Crippen molar-refractivity contribution in [1.29, 1.82) is 0 Å². The summed E-state index contributed by atoms with van der Waals surface area (Å²) in [5.41, 5.74) is 2.54. The van der Waals surface area contributed by atoms with Crippen molar-refractivity contribution in [2.75, 3.05) is 36.4 Å². The van der Waals surface area contributed by atoms with E-state index in [-0.39, 0.29) is 42.9 Å². The number of carbonyl (C=O) groups excluding carboxylic acids is 2. The molecular weight excluding hydrogens is 461 g/mol. The molecule has 8 nitrogen and oxygen atoms in total. The number of piperazine rings is 1. The van der Waals surface area contributed by atoms with Gasteiger partial charge in [0.15, 0.2) is 17.7 Å². The molecule has 2 heterocycles. The number of benzene rings is 1. The molecule has 0 spiro atoms. The fourth-order valence-corrected chi connectivity index (χ4v) is 3.31. The highest BCUT2D eigenvalue weighted by Crippen LogP contribution is 2.32. The molecule has 33 heavy (non-hydrogen) atoms. The molecule has 0 bridgehead atoms. The maximum absolute atomic E-state index is 13.2. The number of hydrogen-bond donors (Lipinski definition) is 2. The SMILES string of the molecule is CC(C)C([NH3+])C(=O)Nc1ccc(N2CCN(C(=O)c3ccccc3C(F)(F)F)CC2)nn1.[Cl-]. The fraction of sp³-hybridized carbons (Fsp3) is 0.429. The molecule has 1 aromatic heterocycles. The molecule has 2 aromatic rings. The topological polar surface area (TPSA) is 106 Å². The fourth-order valence-electron chi connectivity index (χ4n) is 3.31. The summed E-state index contributed by atoms with van der Waals surface area (Å²) in [6.07, 6.45) is -4.59. The van der Waals surface area contributed by atoms with Crippen LogP contribution in [0.5, 0.6) is 0 Å². The van der Waals surface area contributed by atoms with Gasteiger partial charge in [0, 0.05) is 32.1 Å². The summed E-state index contributed by atoms with van der Waals surface area (Å²) in [4.78, 5) is 28.1. The molecule has 12 heteroatoms. The lowest BCUT2D eigenvalue weighted by Gasteiger charge is -2.35. The first-order chi connectivity index (χ1) is 15.1. The monoisotopic (exact) mass is 486 g/mol. The van der Waals surface area contributed by atoms with Gasteiger partial charge in [0.2, 0.25) is 0 Å². The van der Waals surface area contributed by atoms with Crippen molar-refractivity contribution in [2.45, 2.75) is 26.1 Å². The van der Waals surface area contributed by atoms with Crippen LogP contribution >= 0.6 is 0 Å². The molecule has 1 aromatic carbocycles. The minimum atomic E-state index is -4.59. The predicted octanol–water partition coefficient (Wildman–Crippen LogP) is -1.33. The van der Waals surface area contributed by atoms with Gasteiger partial charge in [0.05, 0.1) is 11.1 Å². The van der Waals surface area contributed by atoms with Crippen LogP contribution in [0.4, 0.5) is 24.8 Å². The van der Waals surface area contributed by atoms with Gasteiger partial charge in [-0.2, -0.15) is 13.2 Å². The normalized spacial score (nSPS) is 15.1. The van der Waals surface area contributed by atoms with Gasteiger partial charge in [0.1, 0.15) is 0 Å². The standard InChI is InChI=1S/C21H25F3N6O2.ClH/c1-13(2)18(25)19(31)26-16-7-8-17(28-27-16)29-9-11-30(12-10-29)20(32)14-5-3-4-6-15(14)21(22,23)24;/h3-8,13,18H,9-12,25H2,1-2H3,(H,26,27,31);1H. The van der Waals surface area contributed by atoms with E-state index in [0.29, 0.717) is 24.7 Å². The van der Waals surface area contributed by atoms with Gasteiger partial charge >= 0.3 is 6.18 Å². The predicted molar refractivity (Wildman–Crippen MR) is 112 cm³/mol. The summed E-state index contributed by atoms with van der Waals surface area (Å²) in [6, 6.07) is 7.72. The number of hydrogen-bond acceptors (Lipinski definition) is 5. The number of anilines is 2. The lowest BCUT2D eigenvalue weighted by atomic mass is 10.1. The number of nitrogens with zero attached hydrogens (tertiary/aromatic N) is 4. The molecule has 4 N–H and O–H groups in total. The molecule has 1 atom stereocenters. The number of rotatable bonds is 5. The Morgan fingerprint density at radius 1 is 1.03 bits per heavy atom. The minimum Gasteiger partial charge on any atom is -1.00 e. The number of aromatic nitrogens is 2. The van der Waals surface area contributed by atoms with E-state index in [1.165, 1.54) is 23.1 Å². The largest absolute Gasteiger partial charge is 1.00 e. The van der Waals surface area contributed by atoms with E-state index in [9.17, 15) is 22.8 Å². The molecule has 2 amide bonds. The van der Waals surface area contributed by atoms with Crippen molar-refractivity contribution in [3.8, 4) is 0 Å². The smallest absolute Gasteiger partial charge is 0.417 e. The number of halogens is 4. The van der Waals surface area contributed by atoms with Crippen LogP contribution in [0.1, 0.15) is 29.8 Å². The number of quaternary nitrogens is 1. The molecule has 0 saturated carbocycles. The van der Waals surface area contributed by atoms with E-state index in [1.807, 2.05) is 18.7 Å². The quantitative estimate of drug-likeness (QED) is 0.544. The van der Waals surface area contributed by atoms with E-state index in [0.717, 1.165) is 6.07 Å². The van der Waals surface area contributed by atoms with E-state index < -0.39 is 23.7 Å². The molecule has 3 rings (SSSR count). The summed E-state index contributed by atoms with van der Waals surface area (Å²) in [5, 5.41) is 10.8. The number of alkyl halides is 3. The van der Waals surface area contributed by atoms with Crippen molar-refractivity contribution in [3.05, 3.63) is 47.5 Å². The molecule has 1 unspecified atom stereocenters. The lowest BCUT2D eigenvalue weighted by molar-refractivity contribution is -0.412. The zero-order chi connectivity index (χ0) is 23.5. The molecule has 1 fully saturated rings. The third-order valence-corrected chi connectivity index (χ3v) is 5.40. The van der Waals surface area contributed by atoms with Crippen LogP contribution in [-0.2, 0) is 11.0 Å². The summed E-state index contributed by atoms with van der Waals surface area (Å²) in [6.45, 7) is 5.10. The van der Waals surface area contributed by atoms with Crippen LogP contribution in [0.3, 0.4) is 0 Å². The maximum atomic E-state index is 13.2. The van der Waals surface area contributed by atoms with Crippen LogP contribution in [0.25, 0.3) is 0 Å². The van der Waals surface area contributed by atoms with Crippen molar-refractivity contribution >= 4 is 23.5 Å². The Balaban J connectivity index is 0.00000385. The Morgan fingerprint density at radius 3 is 2.21 bits per heavy atom. The van der Waals surface area contributed by atoms with Crippen LogP contribution in [0.2, 0.25) is 0 Å². The molecule has 1 aliphatic rings. The van der Waals surface area contributed by atoms with E-state index in [1.54, 1.807) is 12.1 Å². The van der Waals surface area contributed by atoms with Crippen LogP contribution < -0.4 is 28.4 Å². The van der Waals surface area contributed by atoms with Crippen molar-refractivity contribution < 1.29 is 40.9 Å². The van der Waals surface area contributed by atoms with Crippen LogP contribution in [0.15, 0.2) is 36.4 Å². The van der Waals surface area contributed by atoms with Gasteiger partial charge in [-0.25, -0.2) is 0 Å². The summed E-state index contributed by atoms with van der Waals surface area (Å²) in [7, 11) is 0. The highest BCUT2D eigenvalue weighted by molar-refractivity contribution is 5.96. The third kappa shape index (κ3) is 6.32. The molecule has 0 aliphatic carbocycles. The molecule has 180 valence electrons. The molecule has 1 aliphatic heterocycles. The average Bonchev–Trinajstić information content (AvgIpc) is 2.78. The highest BCUT2D eigenvalue weighted by atomic mass is 35.5. The summed E-state index contributed by atoms with van der Waals surface area (Å²) < 4.78 is 39.7. The Labute approximate surface area is 195 Å². The highest BCUT2D eigenvalue weighted by Gasteiger charge is 2.36. The van der Waals surface area contributed by atoms with Gasteiger partial charge in [-0.1, -0.05) is 26.0 Å². The number of nitrogens with one attached hydrogen (secondary N) is 1. The third-order valence-electron chi connectivity index (χ3n) is 5.40. The zero-order valence-corrected chi connectivity index (χ0v) is 19.0. The zero-order valence-electron chi connectivity index (χ0n) is 18.3. The van der Waals surface area contributed by atoms with E-state index in [2.05, 4.69) is 21.2 Å². The Kier molecular flexibility index (Phi) is 8.62. The molecule has 0 radical (unpaired) electrons. The summed E-state index contributed by atoms with van der Waals surface area (Å²) in [5.74, 6) is 0.0682. The Bertz CT molecular complexity index is 963. The van der Waals surface area contributed by atoms with Gasteiger partial charge in [-0.05, 0) is 24.3 Å². The second-order valence-electron chi connectivity index (χ2n) is 7.94. The first kappa shape index (κ1) is 26.3. The number of amides is 2. The van der Waals surface area contributed by atoms with Gasteiger partial charge in [0.25, 0.3) is 11.8 Å². The van der Waals surface area contributed by atoms with Gasteiger partial charge < -0.3 is 33.3 Å². The second-order valence-corrected chi connectivity index (χ2v) is 7.94. The maximum Gasteiger partial charge on any atom is 0.417 e. The number of carbonyl (C=O) groups is 2. The summed E-state index contributed by atoms with van der Waals surface area (Å²) >= 11 is 0. The van der Waals surface area contributed by atoms with Crippen molar-refractivity contribution in [2.24, 2.45) is 5.92 Å². The van der Waals surface area contributed by atoms with Crippen LogP contribution in [0, 0.1) is 5.92 Å². The first-order valence-corrected chi connectivity index (χ1v) is 10.3. The van der Waals surface area contributed by atoms with Crippen LogP contribution in [-0.4, -0.2) is 59.1 Å². The Hall–Kier alpha value is -2.92. The van der Waals surface area contributed by atoms with Crippen molar-refractivity contribution in [1.82, 2.24) is 15.1 Å². The lowest BCUT2D eigenvalue weighted by Crippen LogP contribution is -3.00. The Morgan fingerprint density at radius 2 is 1.67 bits per heavy atom. The van der Waals surface area contributed by atoms with Crippen molar-refractivity contribution in [3.63, 3.8) is 0 Å². The van der Waals surface area contributed by atoms with Gasteiger partial charge in [-0.3, -0.25) is 9.59 Å². The van der Waals surface area contributed by atoms with E-state index >= 15 is 0 Å². The van der Waals surface area contributed by atoms with E-state index in [4.69, 9.17) is 0 Å². The first-order valence-electron chi connectivity index (χ1n) is 10.3. The second kappa shape index (κ2) is 10.8. The van der Waals surface area contributed by atoms with Gasteiger partial charge in [-0.15, -0.1) is 10.2 Å². The minimum absolute atomic E-state index is 0. The molecular formula is C21H26ClF3N6O2.